The molecule has 0 aliphatic heterocycles. The molecule has 0 saturated carbocycles. The van der Waals surface area contributed by atoms with Gasteiger partial charge >= 0.3 is 130 Å². The van der Waals surface area contributed by atoms with Crippen molar-refractivity contribution in [2.75, 3.05) is 24.6 Å². The van der Waals surface area contributed by atoms with E-state index in [-0.39, 0.29) is 5.92 Å². The van der Waals surface area contributed by atoms with Crippen molar-refractivity contribution in [2.45, 2.75) is 131 Å². The number of carbonyl (C=O) groups is 1. The van der Waals surface area contributed by atoms with Crippen molar-refractivity contribution in [3.63, 3.8) is 0 Å². The van der Waals surface area contributed by atoms with Crippen LogP contribution in [0.15, 0.2) is 0 Å². The van der Waals surface area contributed by atoms with Crippen molar-refractivity contribution in [2.24, 2.45) is 5.92 Å². The molecule has 0 aromatic rings. The molecule has 0 aliphatic carbocycles. The molecular weight excluding hydrogens is 375 g/mol. The van der Waals surface area contributed by atoms with Gasteiger partial charge in [-0.3, -0.25) is 4.79 Å². The molecule has 29 heavy (non-hydrogen) atoms. The van der Waals surface area contributed by atoms with Crippen LogP contribution in [0, 0.1) is 5.92 Å². The summed E-state index contributed by atoms with van der Waals surface area (Å²) in [5.74, 6) is -0.737. The van der Waals surface area contributed by atoms with Gasteiger partial charge < -0.3 is 5.11 Å². The number of hydrogen-bond acceptors (Lipinski definition) is 1. The Morgan fingerprint density at radius 1 is 0.586 bits per heavy atom. The van der Waals surface area contributed by atoms with E-state index in [1.165, 1.54) is 64.2 Å². The SMILES string of the molecule is CCCC(CCC)C(=O)O.CCCCCC[PH](CCCC)(CCCC)CCCC. The Balaban J connectivity index is 0. The number of carboxylic acid groups (broad SMARTS) is 1. The van der Waals surface area contributed by atoms with Crippen LogP contribution in [0.2, 0.25) is 0 Å². The number of hydrogen-bond donors (Lipinski definition) is 1. The molecule has 2 nitrogen and oxygen atoms in total. The van der Waals surface area contributed by atoms with Crippen LogP contribution in [0.4, 0.5) is 0 Å². The summed E-state index contributed by atoms with van der Waals surface area (Å²) in [6.45, 7) is 13.5. The molecule has 0 rings (SSSR count). The first-order chi connectivity index (χ1) is 14.0. The Morgan fingerprint density at radius 2 is 0.966 bits per heavy atom. The molecule has 0 unspecified atom stereocenters. The van der Waals surface area contributed by atoms with Gasteiger partial charge in [0, 0.05) is 0 Å². The predicted molar refractivity (Wildman–Crippen MR) is 138 cm³/mol. The fourth-order valence-corrected chi connectivity index (χ4v) is 10.2. The zero-order valence-corrected chi connectivity index (χ0v) is 22.2. The maximum absolute atomic E-state index is 10.5. The Hall–Kier alpha value is -0.100. The van der Waals surface area contributed by atoms with Crippen LogP contribution >= 0.6 is 7.26 Å². The number of unbranched alkanes of at least 4 members (excludes halogenated alkanes) is 6. The summed E-state index contributed by atoms with van der Waals surface area (Å²) < 4.78 is 0. The summed E-state index contributed by atoms with van der Waals surface area (Å²) in [4.78, 5) is 10.5. The second-order valence-corrected chi connectivity index (χ2v) is 14.2. The van der Waals surface area contributed by atoms with Crippen molar-refractivity contribution in [3.8, 4) is 0 Å². The first kappa shape index (κ1) is 31.1. The molecule has 0 atom stereocenters. The van der Waals surface area contributed by atoms with Gasteiger partial charge in [0.15, 0.2) is 0 Å². The molecule has 0 aromatic heterocycles. The molecule has 1 N–H and O–H groups in total. The minimum absolute atomic E-state index is 0.102. The van der Waals surface area contributed by atoms with Gasteiger partial charge in [-0.1, -0.05) is 26.7 Å². The summed E-state index contributed by atoms with van der Waals surface area (Å²) in [6, 6.07) is 0. The molecule has 0 amide bonds. The van der Waals surface area contributed by atoms with Gasteiger partial charge in [-0.25, -0.2) is 0 Å². The van der Waals surface area contributed by atoms with Gasteiger partial charge in [0.1, 0.15) is 0 Å². The summed E-state index contributed by atoms with van der Waals surface area (Å²) in [5.41, 5.74) is 0. The van der Waals surface area contributed by atoms with Crippen LogP contribution < -0.4 is 0 Å². The average Bonchev–Trinajstić information content (AvgIpc) is 2.72. The van der Waals surface area contributed by atoms with Gasteiger partial charge in [0.2, 0.25) is 0 Å². The van der Waals surface area contributed by atoms with Crippen molar-refractivity contribution in [3.05, 3.63) is 0 Å². The van der Waals surface area contributed by atoms with Crippen molar-refractivity contribution >= 4 is 13.2 Å². The number of rotatable bonds is 19. The van der Waals surface area contributed by atoms with Crippen LogP contribution in [0.25, 0.3) is 0 Å². The molecule has 0 bridgehead atoms. The molecule has 0 fully saturated rings. The van der Waals surface area contributed by atoms with E-state index >= 15 is 0 Å². The third-order valence-corrected chi connectivity index (χ3v) is 12.0. The van der Waals surface area contributed by atoms with E-state index in [9.17, 15) is 4.79 Å². The van der Waals surface area contributed by atoms with E-state index in [0.717, 1.165) is 25.7 Å². The predicted octanol–water partition coefficient (Wildman–Crippen LogP) is 9.00. The summed E-state index contributed by atoms with van der Waals surface area (Å²) in [5, 5.41) is 8.64. The Morgan fingerprint density at radius 3 is 1.28 bits per heavy atom. The maximum atomic E-state index is 10.5. The van der Waals surface area contributed by atoms with Crippen LogP contribution in [-0.2, 0) is 4.79 Å². The second kappa shape index (κ2) is 22.6. The number of carboxylic acids is 1. The second-order valence-electron chi connectivity index (χ2n) is 9.23. The molecule has 0 aromatic carbocycles. The first-order valence-corrected chi connectivity index (χ1v) is 16.0. The fourth-order valence-electron chi connectivity index (χ4n) is 4.42. The molecule has 3 heteroatoms. The van der Waals surface area contributed by atoms with E-state index in [4.69, 9.17) is 5.11 Å². The summed E-state index contributed by atoms with van der Waals surface area (Å²) >= 11 is 0. The van der Waals surface area contributed by atoms with Gasteiger partial charge in [0.25, 0.3) is 0 Å². The van der Waals surface area contributed by atoms with Crippen molar-refractivity contribution in [1.29, 1.82) is 0 Å². The Labute approximate surface area is 185 Å². The summed E-state index contributed by atoms with van der Waals surface area (Å²) in [7, 11) is -0.908. The molecule has 0 heterocycles. The standard InChI is InChI=1S/C18H41P.C8H16O2/c1-5-9-13-14-18-19(15-10-6-2,16-11-7-3)17-12-8-4;1-3-5-7(6-4-2)8(9)10/h19H,5-18H2,1-4H3;7H,3-6H2,1-2H3,(H,9,10). The molecule has 0 aliphatic rings. The monoisotopic (exact) mass is 432 g/mol. The summed E-state index contributed by atoms with van der Waals surface area (Å²) in [6.07, 6.45) is 24.7. The van der Waals surface area contributed by atoms with Gasteiger partial charge in [-0.2, -0.15) is 0 Å². The average molecular weight is 433 g/mol. The van der Waals surface area contributed by atoms with Gasteiger partial charge in [-0.05, 0) is 12.8 Å². The Kier molecular flexibility index (Phi) is 24.2. The third-order valence-electron chi connectivity index (χ3n) is 6.37. The van der Waals surface area contributed by atoms with E-state index in [1.807, 2.05) is 13.8 Å². The first-order valence-electron chi connectivity index (χ1n) is 13.2. The molecule has 0 saturated heterocycles. The van der Waals surface area contributed by atoms with E-state index < -0.39 is 13.2 Å². The van der Waals surface area contributed by atoms with Gasteiger partial charge in [0.05, 0.1) is 5.92 Å². The molecule has 0 spiro atoms. The van der Waals surface area contributed by atoms with E-state index in [0.29, 0.717) is 0 Å². The zero-order chi connectivity index (χ0) is 22.4. The van der Waals surface area contributed by atoms with Crippen LogP contribution in [0.3, 0.4) is 0 Å². The fraction of sp³-hybridized carbons (Fsp3) is 0.962. The quantitative estimate of drug-likeness (QED) is 0.163. The Bertz CT molecular complexity index is 316. The topological polar surface area (TPSA) is 37.3 Å². The number of aliphatic carboxylic acids is 1. The van der Waals surface area contributed by atoms with Crippen molar-refractivity contribution in [1.82, 2.24) is 0 Å². The van der Waals surface area contributed by atoms with Crippen LogP contribution in [0.5, 0.6) is 0 Å². The molecular formula is C26H57O2P. The van der Waals surface area contributed by atoms with Gasteiger partial charge in [-0.15, -0.1) is 0 Å². The van der Waals surface area contributed by atoms with Crippen LogP contribution in [-0.4, -0.2) is 35.7 Å². The zero-order valence-electron chi connectivity index (χ0n) is 21.2. The van der Waals surface area contributed by atoms with Crippen LogP contribution in [0.1, 0.15) is 131 Å². The molecule has 0 radical (unpaired) electrons. The van der Waals surface area contributed by atoms with Crippen molar-refractivity contribution < 1.29 is 9.90 Å². The minimum atomic E-state index is -0.908. The molecule has 178 valence electrons. The van der Waals surface area contributed by atoms with E-state index in [2.05, 4.69) is 27.7 Å². The third kappa shape index (κ3) is 18.4. The normalized spacial score (nSPS) is 12.0. The van der Waals surface area contributed by atoms with E-state index in [1.54, 1.807) is 24.6 Å².